The minimum atomic E-state index is -0.443. The highest BCUT2D eigenvalue weighted by Gasteiger charge is 2.20. The van der Waals surface area contributed by atoms with Crippen LogP contribution in [0.4, 0.5) is 0 Å². The van der Waals surface area contributed by atoms with Crippen molar-refractivity contribution in [2.75, 3.05) is 14.1 Å². The van der Waals surface area contributed by atoms with E-state index in [1.54, 1.807) is 18.6 Å². The number of thiophene rings is 1. The Morgan fingerprint density at radius 1 is 1.29 bits per heavy atom. The summed E-state index contributed by atoms with van der Waals surface area (Å²) in [7, 11) is 4.01. The van der Waals surface area contributed by atoms with Crippen LogP contribution in [0.5, 0.6) is 5.75 Å². The number of primary amides is 1. The first-order chi connectivity index (χ1) is 16.2. The van der Waals surface area contributed by atoms with Crippen molar-refractivity contribution in [2.24, 2.45) is 5.73 Å². The van der Waals surface area contributed by atoms with Crippen LogP contribution >= 0.6 is 22.9 Å². The molecule has 0 saturated heterocycles. The third-order valence-corrected chi connectivity index (χ3v) is 6.74. The second kappa shape index (κ2) is 10.1. The molecule has 178 valence electrons. The number of carbonyl (C=O) groups excluding carboxylic acids is 1. The smallest absolute Gasteiger partial charge is 0.222 e. The van der Waals surface area contributed by atoms with E-state index in [0.29, 0.717) is 22.1 Å². The quantitative estimate of drug-likeness (QED) is 0.362. The topological polar surface area (TPSA) is 106 Å². The molecule has 0 fully saturated rings. The van der Waals surface area contributed by atoms with Gasteiger partial charge in [0, 0.05) is 29.4 Å². The number of fused-ring (bicyclic) bond motifs is 1. The van der Waals surface area contributed by atoms with E-state index in [4.69, 9.17) is 22.1 Å². The summed E-state index contributed by atoms with van der Waals surface area (Å²) < 4.78 is 8.15. The Morgan fingerprint density at radius 2 is 2.09 bits per heavy atom. The number of hydrogen-bond donors (Lipinski definition) is 2. The number of aliphatic hydroxyl groups is 1. The van der Waals surface area contributed by atoms with Crippen LogP contribution in [0.1, 0.15) is 34.7 Å². The predicted octanol–water partition coefficient (Wildman–Crippen LogP) is 3.83. The molecular formula is C24H26ClN5O3S. The van der Waals surface area contributed by atoms with Crippen LogP contribution < -0.4 is 10.5 Å². The summed E-state index contributed by atoms with van der Waals surface area (Å²) >= 11 is 7.99. The lowest BCUT2D eigenvalue weighted by Gasteiger charge is -2.18. The monoisotopic (exact) mass is 499 g/mol. The Morgan fingerprint density at radius 3 is 2.76 bits per heavy atom. The molecule has 0 saturated carbocycles. The largest absolute Gasteiger partial charge is 0.485 e. The molecule has 0 radical (unpaired) electrons. The number of aromatic nitrogens is 3. The summed E-state index contributed by atoms with van der Waals surface area (Å²) in [6, 6.07) is 7.85. The molecule has 0 aliphatic heterocycles. The number of halogens is 1. The SMILES string of the molecule is C[C@@H](Oc1cc(-c2cnc3cnc(CO)cn23)sc1CC(N)=O)c1ccc(CN(C)C)cc1Cl. The fourth-order valence-corrected chi connectivity index (χ4v) is 5.20. The second-order valence-corrected chi connectivity index (χ2v) is 9.85. The zero-order valence-corrected chi connectivity index (χ0v) is 20.7. The molecule has 10 heteroatoms. The first-order valence-electron chi connectivity index (χ1n) is 10.7. The minimum Gasteiger partial charge on any atom is -0.485 e. The number of amides is 1. The van der Waals surface area contributed by atoms with Gasteiger partial charge in [0.15, 0.2) is 5.65 Å². The van der Waals surface area contributed by atoms with Crippen molar-refractivity contribution in [1.29, 1.82) is 0 Å². The Hall–Kier alpha value is -2.98. The van der Waals surface area contributed by atoms with Crippen molar-refractivity contribution >= 4 is 34.5 Å². The van der Waals surface area contributed by atoms with Gasteiger partial charge in [-0.2, -0.15) is 0 Å². The summed E-state index contributed by atoms with van der Waals surface area (Å²) in [5.41, 5.74) is 9.45. The highest BCUT2D eigenvalue weighted by atomic mass is 35.5. The van der Waals surface area contributed by atoms with Crippen molar-refractivity contribution < 1.29 is 14.6 Å². The molecule has 3 heterocycles. The van der Waals surface area contributed by atoms with Crippen LogP contribution in [0.3, 0.4) is 0 Å². The third-order valence-electron chi connectivity index (χ3n) is 5.27. The normalized spacial score (nSPS) is 12.4. The Kier molecular flexibility index (Phi) is 7.18. The molecule has 1 atom stereocenters. The molecule has 0 aliphatic rings. The minimum absolute atomic E-state index is 0.0579. The Bertz CT molecular complexity index is 1330. The van der Waals surface area contributed by atoms with Gasteiger partial charge < -0.3 is 20.5 Å². The van der Waals surface area contributed by atoms with E-state index >= 15 is 0 Å². The molecule has 8 nitrogen and oxygen atoms in total. The van der Waals surface area contributed by atoms with Crippen LogP contribution in [0.25, 0.3) is 16.2 Å². The summed E-state index contributed by atoms with van der Waals surface area (Å²) in [6.45, 7) is 2.54. The van der Waals surface area contributed by atoms with Crippen LogP contribution in [0, 0.1) is 0 Å². The summed E-state index contributed by atoms with van der Waals surface area (Å²) in [5, 5.41) is 10.1. The average molecular weight is 500 g/mol. The molecule has 4 aromatic rings. The van der Waals surface area contributed by atoms with Crippen molar-refractivity contribution in [3.05, 3.63) is 69.6 Å². The van der Waals surface area contributed by atoms with Crippen LogP contribution in [-0.4, -0.2) is 44.4 Å². The molecule has 0 bridgehead atoms. The average Bonchev–Trinajstić information content (AvgIpc) is 3.36. The molecule has 1 aromatic carbocycles. The fraction of sp³-hybridized carbons (Fsp3) is 0.292. The Balaban J connectivity index is 1.67. The number of hydrogen-bond acceptors (Lipinski definition) is 7. The van der Waals surface area contributed by atoms with Crippen molar-refractivity contribution in [1.82, 2.24) is 19.3 Å². The molecule has 0 unspecified atom stereocenters. The van der Waals surface area contributed by atoms with Crippen molar-refractivity contribution in [2.45, 2.75) is 32.6 Å². The summed E-state index contributed by atoms with van der Waals surface area (Å²) in [6.07, 6.45) is 4.79. The number of imidazole rings is 1. The van der Waals surface area contributed by atoms with Gasteiger partial charge in [0.1, 0.15) is 11.9 Å². The molecule has 3 N–H and O–H groups in total. The summed E-state index contributed by atoms with van der Waals surface area (Å²) in [4.78, 5) is 24.0. The van der Waals surface area contributed by atoms with Gasteiger partial charge in [-0.05, 0) is 32.6 Å². The van der Waals surface area contributed by atoms with Gasteiger partial charge >= 0.3 is 0 Å². The number of carbonyl (C=O) groups is 1. The van der Waals surface area contributed by atoms with E-state index in [9.17, 15) is 9.90 Å². The van der Waals surface area contributed by atoms with Gasteiger partial charge in [-0.15, -0.1) is 11.3 Å². The van der Waals surface area contributed by atoms with E-state index in [1.165, 1.54) is 11.3 Å². The molecule has 4 rings (SSSR count). The van der Waals surface area contributed by atoms with Crippen LogP contribution in [-0.2, 0) is 24.4 Å². The maximum Gasteiger partial charge on any atom is 0.222 e. The number of aliphatic hydroxyl groups excluding tert-OH is 1. The molecule has 34 heavy (non-hydrogen) atoms. The summed E-state index contributed by atoms with van der Waals surface area (Å²) in [5.74, 6) is 0.132. The highest BCUT2D eigenvalue weighted by molar-refractivity contribution is 7.15. The van der Waals surface area contributed by atoms with Crippen molar-refractivity contribution in [3.8, 4) is 16.3 Å². The van der Waals surface area contributed by atoms with Gasteiger partial charge in [-0.3, -0.25) is 14.2 Å². The first kappa shape index (κ1) is 24.2. The molecule has 3 aromatic heterocycles. The number of nitrogens with zero attached hydrogens (tertiary/aromatic N) is 4. The highest BCUT2D eigenvalue weighted by Crippen LogP contribution is 2.39. The third kappa shape index (κ3) is 5.23. The first-order valence-corrected chi connectivity index (χ1v) is 11.9. The number of ether oxygens (including phenoxy) is 1. The number of benzene rings is 1. The van der Waals surface area contributed by atoms with Gasteiger partial charge in [0.25, 0.3) is 0 Å². The van der Waals surface area contributed by atoms with Gasteiger partial charge in [0.2, 0.25) is 5.91 Å². The molecule has 0 spiro atoms. The van der Waals surface area contributed by atoms with Gasteiger partial charge in [-0.25, -0.2) is 4.98 Å². The van der Waals surface area contributed by atoms with E-state index < -0.39 is 5.91 Å². The standard InChI is InChI=1S/C24H26ClN5O3S/c1-14(17-5-4-15(6-18(17)25)11-29(2)3)33-20-7-21(34-22(20)8-23(26)32)19-9-28-24-10-27-16(13-31)12-30(19)24/h4-7,9-10,12,14,31H,8,11,13H2,1-3H3,(H2,26,32)/t14-/m1/s1. The zero-order chi connectivity index (χ0) is 24.4. The van der Waals surface area contributed by atoms with Crippen LogP contribution in [0.2, 0.25) is 5.02 Å². The fourth-order valence-electron chi connectivity index (χ4n) is 3.73. The van der Waals surface area contributed by atoms with E-state index in [-0.39, 0.29) is 19.1 Å². The lowest BCUT2D eigenvalue weighted by molar-refractivity contribution is -0.117. The van der Waals surface area contributed by atoms with Crippen molar-refractivity contribution in [3.63, 3.8) is 0 Å². The molecule has 0 aliphatic carbocycles. The van der Waals surface area contributed by atoms with E-state index in [2.05, 4.69) is 14.9 Å². The zero-order valence-electron chi connectivity index (χ0n) is 19.2. The maximum absolute atomic E-state index is 11.7. The van der Waals surface area contributed by atoms with Gasteiger partial charge in [0.05, 0.1) is 46.6 Å². The molecule has 1 amide bonds. The number of rotatable bonds is 9. The van der Waals surface area contributed by atoms with E-state index in [1.807, 2.05) is 49.7 Å². The van der Waals surface area contributed by atoms with E-state index in [0.717, 1.165) is 33.1 Å². The lowest BCUT2D eigenvalue weighted by atomic mass is 10.1. The molecular weight excluding hydrogens is 474 g/mol. The lowest BCUT2D eigenvalue weighted by Crippen LogP contribution is -2.14. The van der Waals surface area contributed by atoms with Crippen LogP contribution in [0.15, 0.2) is 42.9 Å². The Labute approximate surface area is 206 Å². The van der Waals surface area contributed by atoms with Gasteiger partial charge in [-0.1, -0.05) is 23.7 Å². The second-order valence-electron chi connectivity index (χ2n) is 8.30. The predicted molar refractivity (Wildman–Crippen MR) is 133 cm³/mol. The maximum atomic E-state index is 11.7. The number of nitrogens with two attached hydrogens (primary N) is 1.